The first kappa shape index (κ1) is 14.9. The molecule has 108 valence electrons. The van der Waals surface area contributed by atoms with Crippen LogP contribution in [0.15, 0.2) is 4.52 Å². The van der Waals surface area contributed by atoms with Gasteiger partial charge in [0.1, 0.15) is 0 Å². The highest BCUT2D eigenvalue weighted by atomic mass is 32.2. The molecule has 0 bridgehead atoms. The average molecular weight is 283 g/mol. The van der Waals surface area contributed by atoms with E-state index in [1.54, 1.807) is 0 Å². The lowest BCUT2D eigenvalue weighted by Crippen LogP contribution is -2.43. The monoisotopic (exact) mass is 283 g/mol. The van der Waals surface area contributed by atoms with E-state index in [2.05, 4.69) is 24.0 Å². The van der Waals surface area contributed by atoms with Crippen LogP contribution in [0, 0.1) is 0 Å². The molecule has 0 amide bonds. The van der Waals surface area contributed by atoms with Crippen molar-refractivity contribution in [2.45, 2.75) is 75.3 Å². The Morgan fingerprint density at radius 1 is 1.37 bits per heavy atom. The van der Waals surface area contributed by atoms with E-state index in [0.29, 0.717) is 11.1 Å². The quantitative estimate of drug-likeness (QED) is 0.867. The topological polar surface area (TPSA) is 64.9 Å². The Bertz CT molecular complexity index is 388. The first-order valence-electron chi connectivity index (χ1n) is 7.33. The molecule has 1 aliphatic carbocycles. The van der Waals surface area contributed by atoms with Crippen molar-refractivity contribution >= 4 is 11.8 Å². The SMILES string of the molecule is CCC(C)SCc1noc(CC2(N)CCCCC2)n1. The Hall–Kier alpha value is -0.550. The van der Waals surface area contributed by atoms with Crippen molar-refractivity contribution in [1.29, 1.82) is 0 Å². The number of nitrogens with two attached hydrogens (primary N) is 1. The molecule has 1 saturated carbocycles. The fourth-order valence-electron chi connectivity index (χ4n) is 2.49. The van der Waals surface area contributed by atoms with Crippen molar-refractivity contribution in [2.75, 3.05) is 0 Å². The summed E-state index contributed by atoms with van der Waals surface area (Å²) in [7, 11) is 0. The Balaban J connectivity index is 1.86. The van der Waals surface area contributed by atoms with Crippen LogP contribution in [0.2, 0.25) is 0 Å². The second kappa shape index (κ2) is 6.75. The fraction of sp³-hybridized carbons (Fsp3) is 0.857. The van der Waals surface area contributed by atoms with E-state index < -0.39 is 0 Å². The van der Waals surface area contributed by atoms with Crippen LogP contribution < -0.4 is 5.73 Å². The van der Waals surface area contributed by atoms with Crippen LogP contribution >= 0.6 is 11.8 Å². The lowest BCUT2D eigenvalue weighted by atomic mass is 9.80. The molecule has 1 aromatic rings. The van der Waals surface area contributed by atoms with E-state index in [1.165, 1.54) is 25.7 Å². The molecule has 19 heavy (non-hydrogen) atoms. The van der Waals surface area contributed by atoms with Crippen molar-refractivity contribution in [3.05, 3.63) is 11.7 Å². The molecule has 1 aromatic heterocycles. The van der Waals surface area contributed by atoms with Gasteiger partial charge in [0.2, 0.25) is 5.89 Å². The van der Waals surface area contributed by atoms with Gasteiger partial charge >= 0.3 is 0 Å². The van der Waals surface area contributed by atoms with Crippen LogP contribution in [0.5, 0.6) is 0 Å². The van der Waals surface area contributed by atoms with E-state index in [0.717, 1.165) is 30.8 Å². The number of hydrogen-bond acceptors (Lipinski definition) is 5. The second-order valence-corrected chi connectivity index (χ2v) is 7.16. The van der Waals surface area contributed by atoms with Crippen LogP contribution in [-0.2, 0) is 12.2 Å². The Morgan fingerprint density at radius 2 is 2.11 bits per heavy atom. The molecule has 5 heteroatoms. The molecule has 0 aliphatic heterocycles. The van der Waals surface area contributed by atoms with E-state index in [-0.39, 0.29) is 5.54 Å². The van der Waals surface area contributed by atoms with Crippen LogP contribution in [0.4, 0.5) is 0 Å². The van der Waals surface area contributed by atoms with Gasteiger partial charge < -0.3 is 10.3 Å². The first-order chi connectivity index (χ1) is 9.11. The van der Waals surface area contributed by atoms with Gasteiger partial charge in [-0.05, 0) is 19.3 Å². The molecule has 2 N–H and O–H groups in total. The van der Waals surface area contributed by atoms with Gasteiger partial charge in [-0.25, -0.2) is 0 Å². The average Bonchev–Trinajstić information content (AvgIpc) is 2.83. The van der Waals surface area contributed by atoms with Crippen molar-refractivity contribution < 1.29 is 4.52 Å². The minimum atomic E-state index is -0.119. The van der Waals surface area contributed by atoms with Crippen molar-refractivity contribution in [3.63, 3.8) is 0 Å². The first-order valence-corrected chi connectivity index (χ1v) is 8.38. The molecule has 1 fully saturated rings. The molecule has 1 heterocycles. The molecule has 1 unspecified atom stereocenters. The van der Waals surface area contributed by atoms with Gasteiger partial charge in [-0.2, -0.15) is 16.7 Å². The zero-order valence-corrected chi connectivity index (χ0v) is 12.8. The fourth-order valence-corrected chi connectivity index (χ4v) is 3.28. The Morgan fingerprint density at radius 3 is 2.79 bits per heavy atom. The van der Waals surface area contributed by atoms with Crippen LogP contribution in [-0.4, -0.2) is 20.9 Å². The highest BCUT2D eigenvalue weighted by Crippen LogP contribution is 2.28. The van der Waals surface area contributed by atoms with E-state index in [4.69, 9.17) is 10.3 Å². The summed E-state index contributed by atoms with van der Waals surface area (Å²) in [5.74, 6) is 2.35. The molecule has 2 rings (SSSR count). The molecule has 0 saturated heterocycles. The normalized spacial score (nSPS) is 20.4. The molecule has 4 nitrogen and oxygen atoms in total. The maximum absolute atomic E-state index is 6.41. The zero-order valence-electron chi connectivity index (χ0n) is 12.0. The summed E-state index contributed by atoms with van der Waals surface area (Å²) in [5.41, 5.74) is 6.29. The van der Waals surface area contributed by atoms with E-state index in [9.17, 15) is 0 Å². The predicted molar refractivity (Wildman–Crippen MR) is 79.1 cm³/mol. The standard InChI is InChI=1S/C14H25N3OS/c1-3-11(2)19-10-12-16-13(18-17-12)9-14(15)7-5-4-6-8-14/h11H,3-10,15H2,1-2H3. The maximum Gasteiger partial charge on any atom is 0.228 e. The largest absolute Gasteiger partial charge is 0.339 e. The van der Waals surface area contributed by atoms with Crippen molar-refractivity contribution in [1.82, 2.24) is 10.1 Å². The number of nitrogens with zero attached hydrogens (tertiary/aromatic N) is 2. The Labute approximate surface area is 119 Å². The molecular formula is C14H25N3OS. The molecular weight excluding hydrogens is 258 g/mol. The van der Waals surface area contributed by atoms with Gasteiger partial charge in [0.25, 0.3) is 0 Å². The molecule has 0 radical (unpaired) electrons. The van der Waals surface area contributed by atoms with Gasteiger partial charge in [0, 0.05) is 17.2 Å². The molecule has 1 aliphatic rings. The summed E-state index contributed by atoms with van der Waals surface area (Å²) in [4.78, 5) is 4.48. The van der Waals surface area contributed by atoms with Crippen molar-refractivity contribution in [3.8, 4) is 0 Å². The minimum absolute atomic E-state index is 0.119. The summed E-state index contributed by atoms with van der Waals surface area (Å²) in [5, 5.41) is 4.70. The van der Waals surface area contributed by atoms with Crippen molar-refractivity contribution in [2.24, 2.45) is 5.73 Å². The summed E-state index contributed by atoms with van der Waals surface area (Å²) < 4.78 is 5.34. The molecule has 0 spiro atoms. The van der Waals surface area contributed by atoms with E-state index in [1.807, 2.05) is 11.8 Å². The third-order valence-corrected chi connectivity index (χ3v) is 5.26. The van der Waals surface area contributed by atoms with Gasteiger partial charge in [-0.1, -0.05) is 38.3 Å². The molecule has 1 atom stereocenters. The number of rotatable bonds is 6. The third-order valence-electron chi connectivity index (χ3n) is 3.93. The van der Waals surface area contributed by atoms with Crippen LogP contribution in [0.3, 0.4) is 0 Å². The predicted octanol–water partition coefficient (Wildman–Crippen LogP) is 3.31. The zero-order chi connectivity index (χ0) is 13.7. The Kier molecular flexibility index (Phi) is 5.28. The lowest BCUT2D eigenvalue weighted by Gasteiger charge is -2.31. The third kappa shape index (κ3) is 4.49. The summed E-state index contributed by atoms with van der Waals surface area (Å²) >= 11 is 1.87. The highest BCUT2D eigenvalue weighted by Gasteiger charge is 2.29. The lowest BCUT2D eigenvalue weighted by molar-refractivity contribution is 0.260. The van der Waals surface area contributed by atoms with Crippen LogP contribution in [0.1, 0.15) is 64.1 Å². The maximum atomic E-state index is 6.41. The minimum Gasteiger partial charge on any atom is -0.339 e. The summed E-state index contributed by atoms with van der Waals surface area (Å²) in [6.07, 6.45) is 7.80. The second-order valence-electron chi connectivity index (χ2n) is 5.73. The molecule has 0 aromatic carbocycles. The summed E-state index contributed by atoms with van der Waals surface area (Å²) in [6.45, 7) is 4.42. The highest BCUT2D eigenvalue weighted by molar-refractivity contribution is 7.99. The van der Waals surface area contributed by atoms with Gasteiger partial charge in [0.15, 0.2) is 5.82 Å². The van der Waals surface area contributed by atoms with Crippen LogP contribution in [0.25, 0.3) is 0 Å². The number of hydrogen-bond donors (Lipinski definition) is 1. The number of aromatic nitrogens is 2. The van der Waals surface area contributed by atoms with Gasteiger partial charge in [0.05, 0.1) is 5.75 Å². The smallest absolute Gasteiger partial charge is 0.228 e. The summed E-state index contributed by atoms with van der Waals surface area (Å²) in [6, 6.07) is 0. The van der Waals surface area contributed by atoms with E-state index >= 15 is 0 Å². The van der Waals surface area contributed by atoms with Gasteiger partial charge in [-0.3, -0.25) is 0 Å². The number of thioether (sulfide) groups is 1. The van der Waals surface area contributed by atoms with Gasteiger partial charge in [-0.15, -0.1) is 0 Å².